The first-order valence-corrected chi connectivity index (χ1v) is 7.20. The van der Waals surface area contributed by atoms with E-state index >= 15 is 0 Å². The molecule has 2 aromatic rings. The van der Waals surface area contributed by atoms with Crippen LogP contribution in [-0.4, -0.2) is 21.6 Å². The minimum Gasteiger partial charge on any atom is -0.341 e. The molecule has 1 aromatic carbocycles. The third-order valence-electron chi connectivity index (χ3n) is 2.23. The molecule has 0 atom stereocenters. The van der Waals surface area contributed by atoms with Crippen molar-refractivity contribution in [3.63, 3.8) is 0 Å². The van der Waals surface area contributed by atoms with Gasteiger partial charge < -0.3 is 10.3 Å². The Kier molecular flexibility index (Phi) is 4.43. The van der Waals surface area contributed by atoms with Gasteiger partial charge in [-0.15, -0.1) is 11.8 Å². The van der Waals surface area contributed by atoms with E-state index in [9.17, 15) is 4.79 Å². The molecule has 1 amide bonds. The van der Waals surface area contributed by atoms with Crippen LogP contribution in [0.5, 0.6) is 0 Å². The standard InChI is InChI=1S/C12H12BrN3OS/c1-2-18-11-4-3-8(13)5-9(11)16-12(17)10-6-14-7-15-10/h3-7H,2H2,1H3,(H,14,15)(H,16,17). The summed E-state index contributed by atoms with van der Waals surface area (Å²) in [5.41, 5.74) is 1.25. The van der Waals surface area contributed by atoms with Crippen molar-refractivity contribution < 1.29 is 4.79 Å². The van der Waals surface area contributed by atoms with Crippen LogP contribution in [0.25, 0.3) is 0 Å². The zero-order chi connectivity index (χ0) is 13.0. The Morgan fingerprint density at radius 1 is 1.56 bits per heavy atom. The smallest absolute Gasteiger partial charge is 0.273 e. The first-order chi connectivity index (χ1) is 8.70. The Morgan fingerprint density at radius 2 is 2.39 bits per heavy atom. The van der Waals surface area contributed by atoms with Crippen molar-refractivity contribution >= 4 is 39.3 Å². The second kappa shape index (κ2) is 6.06. The third-order valence-corrected chi connectivity index (χ3v) is 3.68. The summed E-state index contributed by atoms with van der Waals surface area (Å²) in [6, 6.07) is 5.84. The molecule has 0 fully saturated rings. The van der Waals surface area contributed by atoms with E-state index < -0.39 is 0 Å². The summed E-state index contributed by atoms with van der Waals surface area (Å²) in [6.45, 7) is 2.08. The molecule has 0 saturated carbocycles. The van der Waals surface area contributed by atoms with Gasteiger partial charge in [0.25, 0.3) is 5.91 Å². The Bertz CT molecular complexity index is 542. The van der Waals surface area contributed by atoms with Gasteiger partial charge in [0.05, 0.1) is 18.2 Å². The number of amides is 1. The molecule has 0 unspecified atom stereocenters. The van der Waals surface area contributed by atoms with Gasteiger partial charge in [-0.1, -0.05) is 22.9 Å². The SMILES string of the molecule is CCSc1ccc(Br)cc1NC(=O)c1cnc[nH]1. The lowest BCUT2D eigenvalue weighted by molar-refractivity contribution is 0.102. The van der Waals surface area contributed by atoms with Crippen LogP contribution >= 0.6 is 27.7 Å². The van der Waals surface area contributed by atoms with Crippen molar-refractivity contribution in [3.05, 3.63) is 40.9 Å². The van der Waals surface area contributed by atoms with Crippen LogP contribution in [0.2, 0.25) is 0 Å². The maximum atomic E-state index is 11.9. The van der Waals surface area contributed by atoms with Gasteiger partial charge in [0, 0.05) is 9.37 Å². The van der Waals surface area contributed by atoms with E-state index in [2.05, 4.69) is 38.1 Å². The number of hydrogen-bond acceptors (Lipinski definition) is 3. The molecule has 0 radical (unpaired) electrons. The quantitative estimate of drug-likeness (QED) is 0.845. The maximum Gasteiger partial charge on any atom is 0.273 e. The largest absolute Gasteiger partial charge is 0.341 e. The van der Waals surface area contributed by atoms with E-state index in [1.54, 1.807) is 11.8 Å². The van der Waals surface area contributed by atoms with E-state index in [-0.39, 0.29) is 5.91 Å². The molecular weight excluding hydrogens is 314 g/mol. The Balaban J connectivity index is 2.22. The van der Waals surface area contributed by atoms with E-state index in [1.807, 2.05) is 18.2 Å². The van der Waals surface area contributed by atoms with Gasteiger partial charge in [-0.2, -0.15) is 0 Å². The highest BCUT2D eigenvalue weighted by Gasteiger charge is 2.10. The molecule has 1 heterocycles. The topological polar surface area (TPSA) is 57.8 Å². The lowest BCUT2D eigenvalue weighted by Gasteiger charge is -2.10. The summed E-state index contributed by atoms with van der Waals surface area (Å²) < 4.78 is 0.933. The lowest BCUT2D eigenvalue weighted by atomic mass is 10.3. The summed E-state index contributed by atoms with van der Waals surface area (Å²) in [5, 5.41) is 2.88. The number of carbonyl (C=O) groups excluding carboxylic acids is 1. The highest BCUT2D eigenvalue weighted by Crippen LogP contribution is 2.30. The molecule has 1 aromatic heterocycles. The zero-order valence-corrected chi connectivity index (χ0v) is 12.1. The normalized spacial score (nSPS) is 10.3. The van der Waals surface area contributed by atoms with Gasteiger partial charge in [0.1, 0.15) is 5.69 Å². The second-order valence-corrected chi connectivity index (χ2v) is 5.71. The number of hydrogen-bond donors (Lipinski definition) is 2. The number of aromatic nitrogens is 2. The van der Waals surface area contributed by atoms with E-state index in [1.165, 1.54) is 12.5 Å². The van der Waals surface area contributed by atoms with Gasteiger partial charge in [0.15, 0.2) is 0 Å². The first kappa shape index (κ1) is 13.2. The lowest BCUT2D eigenvalue weighted by Crippen LogP contribution is -2.12. The number of rotatable bonds is 4. The van der Waals surface area contributed by atoms with Crippen LogP contribution in [0.1, 0.15) is 17.4 Å². The average molecular weight is 326 g/mol. The average Bonchev–Trinajstić information content (AvgIpc) is 2.86. The number of imidazole rings is 1. The molecule has 0 saturated heterocycles. The van der Waals surface area contributed by atoms with Gasteiger partial charge in [-0.25, -0.2) is 4.98 Å². The fourth-order valence-corrected chi connectivity index (χ4v) is 2.55. The van der Waals surface area contributed by atoms with Crippen LogP contribution in [-0.2, 0) is 0 Å². The van der Waals surface area contributed by atoms with Crippen LogP contribution in [0.15, 0.2) is 40.1 Å². The number of nitrogens with one attached hydrogen (secondary N) is 2. The molecule has 2 N–H and O–H groups in total. The number of H-pyrrole nitrogens is 1. The highest BCUT2D eigenvalue weighted by atomic mass is 79.9. The van der Waals surface area contributed by atoms with E-state index in [0.29, 0.717) is 5.69 Å². The van der Waals surface area contributed by atoms with Crippen molar-refractivity contribution in [1.82, 2.24) is 9.97 Å². The molecule has 94 valence electrons. The number of nitrogens with zero attached hydrogens (tertiary/aromatic N) is 1. The predicted octanol–water partition coefficient (Wildman–Crippen LogP) is 3.54. The molecule has 0 aliphatic rings. The van der Waals surface area contributed by atoms with Crippen LogP contribution in [0, 0.1) is 0 Å². The fourth-order valence-electron chi connectivity index (χ4n) is 1.45. The van der Waals surface area contributed by atoms with Crippen molar-refractivity contribution in [2.45, 2.75) is 11.8 Å². The maximum absolute atomic E-state index is 11.9. The molecule has 4 nitrogen and oxygen atoms in total. The van der Waals surface area contributed by atoms with Gasteiger partial charge in [0.2, 0.25) is 0 Å². The molecule has 0 spiro atoms. The fraction of sp³-hybridized carbons (Fsp3) is 0.167. The number of halogens is 1. The Hall–Kier alpha value is -1.27. The monoisotopic (exact) mass is 325 g/mol. The number of carbonyl (C=O) groups is 1. The minimum absolute atomic E-state index is 0.191. The minimum atomic E-state index is -0.191. The highest BCUT2D eigenvalue weighted by molar-refractivity contribution is 9.10. The molecule has 6 heteroatoms. The zero-order valence-electron chi connectivity index (χ0n) is 9.74. The summed E-state index contributed by atoms with van der Waals surface area (Å²) in [4.78, 5) is 19.6. The van der Waals surface area contributed by atoms with Crippen LogP contribution < -0.4 is 5.32 Å². The number of benzene rings is 1. The van der Waals surface area contributed by atoms with Gasteiger partial charge in [-0.3, -0.25) is 4.79 Å². The van der Waals surface area contributed by atoms with Crippen molar-refractivity contribution in [1.29, 1.82) is 0 Å². The Morgan fingerprint density at radius 3 is 3.06 bits per heavy atom. The summed E-state index contributed by atoms with van der Waals surface area (Å²) in [7, 11) is 0. The van der Waals surface area contributed by atoms with E-state index in [0.717, 1.165) is 20.8 Å². The number of anilines is 1. The summed E-state index contributed by atoms with van der Waals surface area (Å²) in [6.07, 6.45) is 2.98. The molecule has 0 aliphatic heterocycles. The van der Waals surface area contributed by atoms with Crippen molar-refractivity contribution in [2.75, 3.05) is 11.1 Å². The van der Waals surface area contributed by atoms with Crippen molar-refractivity contribution in [2.24, 2.45) is 0 Å². The van der Waals surface area contributed by atoms with Gasteiger partial charge >= 0.3 is 0 Å². The van der Waals surface area contributed by atoms with Crippen molar-refractivity contribution in [3.8, 4) is 0 Å². The molecular formula is C12H12BrN3OS. The molecule has 0 aliphatic carbocycles. The number of thioether (sulfide) groups is 1. The molecule has 2 rings (SSSR count). The van der Waals surface area contributed by atoms with Gasteiger partial charge in [-0.05, 0) is 24.0 Å². The van der Waals surface area contributed by atoms with Crippen LogP contribution in [0.4, 0.5) is 5.69 Å². The predicted molar refractivity (Wildman–Crippen MR) is 77.1 cm³/mol. The molecule has 18 heavy (non-hydrogen) atoms. The second-order valence-electron chi connectivity index (χ2n) is 3.49. The third kappa shape index (κ3) is 3.14. The first-order valence-electron chi connectivity index (χ1n) is 5.42. The summed E-state index contributed by atoms with van der Waals surface area (Å²) >= 11 is 5.09. The van der Waals surface area contributed by atoms with E-state index in [4.69, 9.17) is 0 Å². The number of aromatic amines is 1. The van der Waals surface area contributed by atoms with Crippen LogP contribution in [0.3, 0.4) is 0 Å². The molecule has 0 bridgehead atoms. The summed E-state index contributed by atoms with van der Waals surface area (Å²) in [5.74, 6) is 0.762. The Labute approximate surface area is 118 Å².